The molecule has 3 nitrogen and oxygen atoms in total. The molecule has 10 heavy (non-hydrogen) atoms. The Morgan fingerprint density at radius 2 is 2.30 bits per heavy atom. The fourth-order valence-electron chi connectivity index (χ4n) is 0.452. The Hall–Kier alpha value is -0.830. The average Bonchev–Trinajstić information content (AvgIpc) is 1.85. The second-order valence-corrected chi connectivity index (χ2v) is 2.06. The van der Waals surface area contributed by atoms with E-state index in [0.717, 1.165) is 0 Å². The summed E-state index contributed by atoms with van der Waals surface area (Å²) in [7, 11) is 1.72. The number of ketones is 1. The molecule has 0 rings (SSSR count). The molecule has 58 valence electrons. The van der Waals surface area contributed by atoms with Gasteiger partial charge >= 0.3 is 0 Å². The van der Waals surface area contributed by atoms with Crippen LogP contribution in [0.15, 0.2) is 12.3 Å². The first kappa shape index (κ1) is 9.17. The Morgan fingerprint density at radius 1 is 1.70 bits per heavy atom. The Morgan fingerprint density at radius 3 is 2.70 bits per heavy atom. The Bertz CT molecular complexity index is 132. The highest BCUT2D eigenvalue weighted by Crippen LogP contribution is 1.88. The molecule has 0 bridgehead atoms. The Labute approximate surface area is 61.1 Å². The van der Waals surface area contributed by atoms with Gasteiger partial charge in [0, 0.05) is 0 Å². The molecule has 0 saturated carbocycles. The number of hydrogen-bond acceptors (Lipinski definition) is 3. The highest BCUT2D eigenvalue weighted by Gasteiger charge is 1.98. The molecule has 0 aromatic heterocycles. The summed E-state index contributed by atoms with van der Waals surface area (Å²) in [6, 6.07) is 0. The quantitative estimate of drug-likeness (QED) is 0.563. The number of nitrogens with one attached hydrogen (secondary N) is 1. The van der Waals surface area contributed by atoms with Crippen molar-refractivity contribution in [2.75, 3.05) is 20.2 Å². The maximum atomic E-state index is 10.7. The summed E-state index contributed by atoms with van der Waals surface area (Å²) in [5.41, 5.74) is 0. The van der Waals surface area contributed by atoms with E-state index < -0.39 is 0 Å². The molecule has 3 heteroatoms. The topological polar surface area (TPSA) is 38.3 Å². The number of Topliss-reactive ketones (excluding diaryl/α,β-unsaturated/α-hetero) is 1. The first-order chi connectivity index (χ1) is 4.66. The number of carbonyl (C=O) groups is 1. The van der Waals surface area contributed by atoms with Crippen LogP contribution < -0.4 is 5.32 Å². The van der Waals surface area contributed by atoms with Gasteiger partial charge in [0.15, 0.2) is 5.78 Å². The van der Waals surface area contributed by atoms with E-state index in [4.69, 9.17) is 4.74 Å². The summed E-state index contributed by atoms with van der Waals surface area (Å²) >= 11 is 0. The van der Waals surface area contributed by atoms with Gasteiger partial charge in [-0.3, -0.25) is 4.79 Å². The Kier molecular flexibility index (Phi) is 4.58. The summed E-state index contributed by atoms with van der Waals surface area (Å²) in [5.74, 6) is 0.606. The molecule has 0 amide bonds. The van der Waals surface area contributed by atoms with Crippen LogP contribution in [0.2, 0.25) is 0 Å². The van der Waals surface area contributed by atoms with Gasteiger partial charge in [-0.2, -0.15) is 0 Å². The molecule has 0 aromatic carbocycles. The van der Waals surface area contributed by atoms with Crippen LogP contribution in [0, 0.1) is 0 Å². The minimum Gasteiger partial charge on any atom is -0.491 e. The number of hydrogen-bond donors (Lipinski definition) is 1. The zero-order chi connectivity index (χ0) is 7.98. The van der Waals surface area contributed by atoms with Gasteiger partial charge in [-0.15, -0.1) is 0 Å². The summed E-state index contributed by atoms with van der Waals surface area (Å²) in [6.45, 7) is 5.68. The van der Waals surface area contributed by atoms with E-state index in [9.17, 15) is 4.79 Å². The summed E-state index contributed by atoms with van der Waals surface area (Å²) < 4.78 is 4.87. The highest BCUT2D eigenvalue weighted by molar-refractivity contribution is 5.81. The van der Waals surface area contributed by atoms with Crippen molar-refractivity contribution >= 4 is 5.78 Å². The van der Waals surface area contributed by atoms with Crippen LogP contribution in [0.4, 0.5) is 0 Å². The van der Waals surface area contributed by atoms with Gasteiger partial charge in [0.05, 0.1) is 12.3 Å². The highest BCUT2D eigenvalue weighted by atomic mass is 16.5. The van der Waals surface area contributed by atoms with E-state index in [2.05, 4.69) is 11.9 Å². The van der Waals surface area contributed by atoms with E-state index in [1.54, 1.807) is 14.0 Å². The van der Waals surface area contributed by atoms with E-state index in [1.807, 2.05) is 0 Å². The molecular weight excluding hydrogens is 130 g/mol. The van der Waals surface area contributed by atoms with E-state index in [-0.39, 0.29) is 12.4 Å². The molecule has 0 atom stereocenters. The molecule has 0 unspecified atom stereocenters. The van der Waals surface area contributed by atoms with Gasteiger partial charge in [0.2, 0.25) is 0 Å². The zero-order valence-electron chi connectivity index (χ0n) is 6.44. The first-order valence-electron chi connectivity index (χ1n) is 3.11. The standard InChI is InChI=1S/C7H13NO2/c1-6(2)10-5-7(9)4-8-3/h8H,1,4-5H2,2-3H3. The lowest BCUT2D eigenvalue weighted by atomic mass is 10.4. The van der Waals surface area contributed by atoms with Crippen molar-refractivity contribution in [2.24, 2.45) is 0 Å². The number of ether oxygens (including phenoxy) is 1. The van der Waals surface area contributed by atoms with Crippen molar-refractivity contribution in [3.05, 3.63) is 12.3 Å². The molecular formula is C7H13NO2. The third-order valence-electron chi connectivity index (χ3n) is 0.854. The molecule has 0 aliphatic rings. The number of carbonyl (C=O) groups excluding carboxylic acids is 1. The van der Waals surface area contributed by atoms with Gasteiger partial charge in [-0.1, -0.05) is 6.58 Å². The van der Waals surface area contributed by atoms with Crippen molar-refractivity contribution in [2.45, 2.75) is 6.92 Å². The molecule has 1 N–H and O–H groups in total. The van der Waals surface area contributed by atoms with Crippen molar-refractivity contribution in [1.29, 1.82) is 0 Å². The van der Waals surface area contributed by atoms with Crippen LogP contribution in [0.3, 0.4) is 0 Å². The second-order valence-electron chi connectivity index (χ2n) is 2.06. The lowest BCUT2D eigenvalue weighted by Crippen LogP contribution is -2.22. The normalized spacial score (nSPS) is 9.00. The van der Waals surface area contributed by atoms with Crippen LogP contribution in [0.25, 0.3) is 0 Å². The fraction of sp³-hybridized carbons (Fsp3) is 0.571. The minimum absolute atomic E-state index is 0.0329. The lowest BCUT2D eigenvalue weighted by molar-refractivity contribution is -0.121. The molecule has 0 aliphatic heterocycles. The molecule has 0 fully saturated rings. The van der Waals surface area contributed by atoms with E-state index >= 15 is 0 Å². The monoisotopic (exact) mass is 143 g/mol. The van der Waals surface area contributed by atoms with Crippen molar-refractivity contribution in [1.82, 2.24) is 5.32 Å². The zero-order valence-corrected chi connectivity index (χ0v) is 6.44. The molecule has 0 spiro atoms. The van der Waals surface area contributed by atoms with Crippen LogP contribution in [0.1, 0.15) is 6.92 Å². The van der Waals surface area contributed by atoms with Crippen molar-refractivity contribution in [3.8, 4) is 0 Å². The largest absolute Gasteiger partial charge is 0.491 e. The summed E-state index contributed by atoms with van der Waals surface area (Å²) in [4.78, 5) is 10.7. The third kappa shape index (κ3) is 5.31. The Balaban J connectivity index is 3.30. The van der Waals surface area contributed by atoms with Gasteiger partial charge in [-0.25, -0.2) is 0 Å². The number of rotatable bonds is 5. The van der Waals surface area contributed by atoms with Gasteiger partial charge in [0.25, 0.3) is 0 Å². The summed E-state index contributed by atoms with van der Waals surface area (Å²) in [6.07, 6.45) is 0. The lowest BCUT2D eigenvalue weighted by Gasteiger charge is -2.02. The maximum Gasteiger partial charge on any atom is 0.183 e. The first-order valence-corrected chi connectivity index (χ1v) is 3.11. The predicted octanol–water partition coefficient (Wildman–Crippen LogP) is 0.325. The summed E-state index contributed by atoms with van der Waals surface area (Å²) in [5, 5.41) is 2.73. The average molecular weight is 143 g/mol. The van der Waals surface area contributed by atoms with Crippen LogP contribution in [-0.4, -0.2) is 26.0 Å². The van der Waals surface area contributed by atoms with Crippen LogP contribution >= 0.6 is 0 Å². The van der Waals surface area contributed by atoms with Gasteiger partial charge in [0.1, 0.15) is 6.61 Å². The smallest absolute Gasteiger partial charge is 0.183 e. The molecule has 0 saturated heterocycles. The van der Waals surface area contributed by atoms with E-state index in [1.165, 1.54) is 0 Å². The second kappa shape index (κ2) is 4.99. The molecule has 0 aromatic rings. The maximum absolute atomic E-state index is 10.7. The SMILES string of the molecule is C=C(C)OCC(=O)CNC. The van der Waals surface area contributed by atoms with Gasteiger partial charge < -0.3 is 10.1 Å². The molecule has 0 radical (unpaired) electrons. The number of likely N-dealkylation sites (N-methyl/N-ethyl adjacent to an activating group) is 1. The predicted molar refractivity (Wildman–Crippen MR) is 39.7 cm³/mol. The van der Waals surface area contributed by atoms with Crippen LogP contribution in [0.5, 0.6) is 0 Å². The third-order valence-corrected chi connectivity index (χ3v) is 0.854. The number of allylic oxidation sites excluding steroid dienone is 1. The molecule has 0 aliphatic carbocycles. The molecule has 0 heterocycles. The van der Waals surface area contributed by atoms with Crippen molar-refractivity contribution in [3.63, 3.8) is 0 Å². The van der Waals surface area contributed by atoms with Crippen molar-refractivity contribution < 1.29 is 9.53 Å². The minimum atomic E-state index is 0.0329. The van der Waals surface area contributed by atoms with Crippen LogP contribution in [-0.2, 0) is 9.53 Å². The van der Waals surface area contributed by atoms with E-state index in [0.29, 0.717) is 12.3 Å². The fourth-order valence-corrected chi connectivity index (χ4v) is 0.452. The van der Waals surface area contributed by atoms with Gasteiger partial charge in [-0.05, 0) is 14.0 Å².